The minimum atomic E-state index is -0.326. The predicted molar refractivity (Wildman–Crippen MR) is 59.5 cm³/mol. The minimum absolute atomic E-state index is 0.326. The summed E-state index contributed by atoms with van der Waals surface area (Å²) < 4.78 is 0. The molecule has 0 amide bonds. The smallest absolute Gasteiger partial charge is 0.0799 e. The first kappa shape index (κ1) is 10.1. The molecular formula is C11H10ClN3. The van der Waals surface area contributed by atoms with Gasteiger partial charge in [0.15, 0.2) is 0 Å². The highest BCUT2D eigenvalue weighted by atomic mass is 35.5. The predicted octanol–water partition coefficient (Wildman–Crippen LogP) is 2.18. The van der Waals surface area contributed by atoms with Crippen LogP contribution in [-0.2, 0) is 0 Å². The summed E-state index contributed by atoms with van der Waals surface area (Å²) in [4.78, 5) is 8.13. The highest BCUT2D eigenvalue weighted by Crippen LogP contribution is 2.24. The molecule has 0 fully saturated rings. The third-order valence-corrected chi connectivity index (χ3v) is 2.49. The molecule has 15 heavy (non-hydrogen) atoms. The molecule has 1 aromatic heterocycles. The molecule has 4 heteroatoms. The van der Waals surface area contributed by atoms with Crippen molar-refractivity contribution in [3.8, 4) is 0 Å². The second kappa shape index (κ2) is 4.38. The first-order chi connectivity index (χ1) is 7.29. The largest absolute Gasteiger partial charge is 0.319 e. The van der Waals surface area contributed by atoms with E-state index in [-0.39, 0.29) is 6.04 Å². The molecule has 2 rings (SSSR count). The Morgan fingerprint density at radius 2 is 2.00 bits per heavy atom. The van der Waals surface area contributed by atoms with Crippen LogP contribution in [0.25, 0.3) is 0 Å². The molecular weight excluding hydrogens is 210 g/mol. The highest BCUT2D eigenvalue weighted by molar-refractivity contribution is 6.31. The number of nitrogens with two attached hydrogens (primary N) is 1. The molecule has 0 aliphatic rings. The van der Waals surface area contributed by atoms with E-state index in [0.717, 1.165) is 5.56 Å². The fourth-order valence-corrected chi connectivity index (χ4v) is 1.61. The summed E-state index contributed by atoms with van der Waals surface area (Å²) in [5.74, 6) is 0. The number of rotatable bonds is 2. The molecule has 1 aromatic carbocycles. The van der Waals surface area contributed by atoms with E-state index < -0.39 is 0 Å². The Bertz CT molecular complexity index is 445. The van der Waals surface area contributed by atoms with E-state index in [0.29, 0.717) is 10.7 Å². The van der Waals surface area contributed by atoms with Gasteiger partial charge in [0, 0.05) is 17.4 Å². The monoisotopic (exact) mass is 219 g/mol. The van der Waals surface area contributed by atoms with Gasteiger partial charge in [0.05, 0.1) is 17.9 Å². The number of hydrogen-bond donors (Lipinski definition) is 1. The molecule has 1 heterocycles. The van der Waals surface area contributed by atoms with Gasteiger partial charge in [-0.05, 0) is 11.6 Å². The summed E-state index contributed by atoms with van der Waals surface area (Å²) in [5.41, 5.74) is 7.60. The van der Waals surface area contributed by atoms with E-state index in [1.807, 2.05) is 24.3 Å². The van der Waals surface area contributed by atoms with E-state index >= 15 is 0 Å². The van der Waals surface area contributed by atoms with E-state index in [1.165, 1.54) is 0 Å². The van der Waals surface area contributed by atoms with Crippen LogP contribution in [0.4, 0.5) is 0 Å². The van der Waals surface area contributed by atoms with Crippen LogP contribution in [0.1, 0.15) is 17.3 Å². The van der Waals surface area contributed by atoms with Crippen molar-refractivity contribution >= 4 is 11.6 Å². The van der Waals surface area contributed by atoms with Gasteiger partial charge >= 0.3 is 0 Å². The van der Waals surface area contributed by atoms with Gasteiger partial charge in [-0.15, -0.1) is 0 Å². The van der Waals surface area contributed by atoms with Gasteiger partial charge in [0.2, 0.25) is 0 Å². The lowest BCUT2D eigenvalue weighted by Gasteiger charge is -2.12. The zero-order valence-corrected chi connectivity index (χ0v) is 8.72. The molecule has 76 valence electrons. The highest BCUT2D eigenvalue weighted by Gasteiger charge is 2.12. The van der Waals surface area contributed by atoms with Crippen LogP contribution >= 0.6 is 11.6 Å². The fraction of sp³-hybridized carbons (Fsp3) is 0.0909. The number of nitrogens with zero attached hydrogens (tertiary/aromatic N) is 2. The van der Waals surface area contributed by atoms with E-state index in [9.17, 15) is 0 Å². The Morgan fingerprint density at radius 3 is 2.67 bits per heavy atom. The normalized spacial score (nSPS) is 12.4. The van der Waals surface area contributed by atoms with Crippen LogP contribution in [0.3, 0.4) is 0 Å². The van der Waals surface area contributed by atoms with Crippen molar-refractivity contribution in [1.82, 2.24) is 9.97 Å². The Hall–Kier alpha value is -1.45. The SMILES string of the molecule is NC(c1cnccn1)c1ccccc1Cl. The summed E-state index contributed by atoms with van der Waals surface area (Å²) in [6, 6.07) is 7.15. The number of hydrogen-bond acceptors (Lipinski definition) is 3. The van der Waals surface area contributed by atoms with Gasteiger partial charge in [-0.1, -0.05) is 29.8 Å². The zero-order chi connectivity index (χ0) is 10.7. The number of benzene rings is 1. The molecule has 1 unspecified atom stereocenters. The maximum Gasteiger partial charge on any atom is 0.0799 e. The van der Waals surface area contributed by atoms with E-state index in [4.69, 9.17) is 17.3 Å². The summed E-state index contributed by atoms with van der Waals surface area (Å²) in [5, 5.41) is 0.649. The Kier molecular flexibility index (Phi) is 2.94. The molecule has 0 bridgehead atoms. The van der Waals surface area contributed by atoms with Crippen LogP contribution in [0.2, 0.25) is 5.02 Å². The van der Waals surface area contributed by atoms with Crippen LogP contribution < -0.4 is 5.73 Å². The lowest BCUT2D eigenvalue weighted by Crippen LogP contribution is -2.14. The summed E-state index contributed by atoms with van der Waals surface area (Å²) in [6.45, 7) is 0. The van der Waals surface area contributed by atoms with Crippen molar-refractivity contribution in [2.45, 2.75) is 6.04 Å². The quantitative estimate of drug-likeness (QED) is 0.842. The molecule has 1 atom stereocenters. The molecule has 2 N–H and O–H groups in total. The third-order valence-electron chi connectivity index (χ3n) is 2.14. The first-order valence-electron chi connectivity index (χ1n) is 4.55. The van der Waals surface area contributed by atoms with Crippen LogP contribution in [-0.4, -0.2) is 9.97 Å². The van der Waals surface area contributed by atoms with E-state index in [2.05, 4.69) is 9.97 Å². The van der Waals surface area contributed by atoms with Crippen LogP contribution in [0.15, 0.2) is 42.9 Å². The van der Waals surface area contributed by atoms with Crippen molar-refractivity contribution in [2.24, 2.45) is 5.73 Å². The number of halogens is 1. The topological polar surface area (TPSA) is 51.8 Å². The van der Waals surface area contributed by atoms with Gasteiger partial charge < -0.3 is 5.73 Å². The van der Waals surface area contributed by atoms with Gasteiger partial charge in [-0.25, -0.2) is 0 Å². The molecule has 0 saturated heterocycles. The Labute approximate surface area is 92.9 Å². The second-order valence-corrected chi connectivity index (χ2v) is 3.54. The molecule has 3 nitrogen and oxygen atoms in total. The molecule has 0 saturated carbocycles. The molecule has 2 aromatic rings. The van der Waals surface area contributed by atoms with Gasteiger partial charge in [0.1, 0.15) is 0 Å². The van der Waals surface area contributed by atoms with E-state index in [1.54, 1.807) is 18.6 Å². The molecule has 0 radical (unpaired) electrons. The van der Waals surface area contributed by atoms with Crippen molar-refractivity contribution < 1.29 is 0 Å². The van der Waals surface area contributed by atoms with Gasteiger partial charge in [0.25, 0.3) is 0 Å². The van der Waals surface area contributed by atoms with Crippen LogP contribution in [0, 0.1) is 0 Å². The van der Waals surface area contributed by atoms with Crippen LogP contribution in [0.5, 0.6) is 0 Å². The standard InChI is InChI=1S/C11H10ClN3/c12-9-4-2-1-3-8(9)11(13)10-7-14-5-6-15-10/h1-7,11H,13H2. The van der Waals surface area contributed by atoms with Crippen molar-refractivity contribution in [2.75, 3.05) is 0 Å². The second-order valence-electron chi connectivity index (χ2n) is 3.13. The third kappa shape index (κ3) is 2.14. The van der Waals surface area contributed by atoms with Crippen molar-refractivity contribution in [3.63, 3.8) is 0 Å². The van der Waals surface area contributed by atoms with Gasteiger partial charge in [-0.2, -0.15) is 0 Å². The van der Waals surface area contributed by atoms with Gasteiger partial charge in [-0.3, -0.25) is 9.97 Å². The summed E-state index contributed by atoms with van der Waals surface area (Å²) >= 11 is 6.04. The maximum absolute atomic E-state index is 6.04. The first-order valence-corrected chi connectivity index (χ1v) is 4.93. The molecule has 0 aliphatic carbocycles. The number of aromatic nitrogens is 2. The Morgan fingerprint density at radius 1 is 1.20 bits per heavy atom. The molecule has 0 aliphatic heterocycles. The lowest BCUT2D eigenvalue weighted by molar-refractivity contribution is 0.818. The maximum atomic E-state index is 6.04. The molecule has 0 spiro atoms. The lowest BCUT2D eigenvalue weighted by atomic mass is 10.1. The minimum Gasteiger partial charge on any atom is -0.319 e. The summed E-state index contributed by atoms with van der Waals surface area (Å²) in [7, 11) is 0. The Balaban J connectivity index is 2.37. The van der Waals surface area contributed by atoms with Crippen molar-refractivity contribution in [3.05, 3.63) is 59.1 Å². The zero-order valence-electron chi connectivity index (χ0n) is 7.97. The average molecular weight is 220 g/mol. The van der Waals surface area contributed by atoms with Crippen molar-refractivity contribution in [1.29, 1.82) is 0 Å². The average Bonchev–Trinajstić information content (AvgIpc) is 2.30. The fourth-order valence-electron chi connectivity index (χ4n) is 1.36. The summed E-state index contributed by atoms with van der Waals surface area (Å²) in [6.07, 6.45) is 4.88.